The highest BCUT2D eigenvalue weighted by molar-refractivity contribution is 5.97. The van der Waals surface area contributed by atoms with E-state index < -0.39 is 28.8 Å². The second-order valence-corrected chi connectivity index (χ2v) is 4.38. The first-order valence-corrected chi connectivity index (χ1v) is 5.79. The third-order valence-electron chi connectivity index (χ3n) is 2.66. The number of nitrogens with one attached hydrogen (secondary N) is 2. The summed E-state index contributed by atoms with van der Waals surface area (Å²) >= 11 is 0. The lowest BCUT2D eigenvalue weighted by Crippen LogP contribution is -2.38. The number of hydrogen-bond acceptors (Lipinski definition) is 3. The summed E-state index contributed by atoms with van der Waals surface area (Å²) in [6.45, 7) is -0.287. The van der Waals surface area contributed by atoms with Crippen LogP contribution in [0.4, 0.5) is 14.5 Å². The number of nitrogen functional groups attached to an aromatic ring is 1. The van der Waals surface area contributed by atoms with E-state index in [-0.39, 0.29) is 18.5 Å². The maximum absolute atomic E-state index is 13.5. The Hall–Kier alpha value is -2.18. The molecule has 2 rings (SSSR count). The predicted octanol–water partition coefficient (Wildman–Crippen LogP) is 0.555. The first kappa shape index (κ1) is 13.3. The van der Waals surface area contributed by atoms with Crippen molar-refractivity contribution in [2.45, 2.75) is 18.9 Å². The molecule has 0 aliphatic heterocycles. The molecular weight excluding hydrogens is 256 g/mol. The number of amides is 2. The normalized spacial score (nSPS) is 14.0. The number of anilines is 1. The molecule has 0 radical (unpaired) electrons. The first-order valence-electron chi connectivity index (χ1n) is 5.79. The SMILES string of the molecule is Nc1cc(F)cc(C(=O)NCC(=O)NC2CC2)c1F. The highest BCUT2D eigenvalue weighted by Gasteiger charge is 2.23. The van der Waals surface area contributed by atoms with Crippen LogP contribution in [0.1, 0.15) is 23.2 Å². The standard InChI is InChI=1S/C12H13F2N3O2/c13-6-3-8(11(14)9(15)4-6)12(19)16-5-10(18)17-7-1-2-7/h3-4,7H,1-2,5,15H2,(H,16,19)(H,17,18). The van der Waals surface area contributed by atoms with E-state index in [4.69, 9.17) is 5.73 Å². The van der Waals surface area contributed by atoms with Gasteiger partial charge in [-0.25, -0.2) is 8.78 Å². The lowest BCUT2D eigenvalue weighted by atomic mass is 10.1. The summed E-state index contributed by atoms with van der Waals surface area (Å²) in [6.07, 6.45) is 1.85. The Morgan fingerprint density at radius 1 is 1.32 bits per heavy atom. The van der Waals surface area contributed by atoms with Gasteiger partial charge in [-0.15, -0.1) is 0 Å². The van der Waals surface area contributed by atoms with E-state index in [1.807, 2.05) is 0 Å². The van der Waals surface area contributed by atoms with Crippen molar-refractivity contribution in [2.24, 2.45) is 0 Å². The van der Waals surface area contributed by atoms with E-state index in [0.717, 1.165) is 25.0 Å². The molecule has 0 atom stereocenters. The molecule has 19 heavy (non-hydrogen) atoms. The molecule has 2 amide bonds. The van der Waals surface area contributed by atoms with Crippen LogP contribution in [0.15, 0.2) is 12.1 Å². The summed E-state index contributed by atoms with van der Waals surface area (Å²) in [5.41, 5.74) is 4.25. The van der Waals surface area contributed by atoms with Gasteiger partial charge in [-0.1, -0.05) is 0 Å². The molecule has 4 N–H and O–H groups in total. The average molecular weight is 269 g/mol. The monoisotopic (exact) mass is 269 g/mol. The van der Waals surface area contributed by atoms with Gasteiger partial charge in [0.15, 0.2) is 5.82 Å². The molecule has 1 saturated carbocycles. The van der Waals surface area contributed by atoms with Crippen LogP contribution in [0.3, 0.4) is 0 Å². The van der Waals surface area contributed by atoms with E-state index >= 15 is 0 Å². The molecule has 1 aromatic carbocycles. The van der Waals surface area contributed by atoms with Crippen LogP contribution in [-0.4, -0.2) is 24.4 Å². The van der Waals surface area contributed by atoms with Crippen molar-refractivity contribution in [3.8, 4) is 0 Å². The second-order valence-electron chi connectivity index (χ2n) is 4.38. The van der Waals surface area contributed by atoms with Crippen LogP contribution in [0.5, 0.6) is 0 Å². The Balaban J connectivity index is 1.97. The van der Waals surface area contributed by atoms with Gasteiger partial charge in [0.05, 0.1) is 17.8 Å². The Morgan fingerprint density at radius 3 is 2.63 bits per heavy atom. The van der Waals surface area contributed by atoms with Crippen LogP contribution in [0.2, 0.25) is 0 Å². The molecule has 0 bridgehead atoms. The number of halogens is 2. The van der Waals surface area contributed by atoms with Gasteiger partial charge in [0.25, 0.3) is 5.91 Å². The highest BCUT2D eigenvalue weighted by Crippen LogP contribution is 2.18. The zero-order valence-corrected chi connectivity index (χ0v) is 10.0. The molecule has 0 heterocycles. The zero-order chi connectivity index (χ0) is 14.0. The molecule has 1 aliphatic carbocycles. The minimum atomic E-state index is -0.999. The molecule has 1 aromatic rings. The second kappa shape index (κ2) is 5.21. The van der Waals surface area contributed by atoms with E-state index in [0.29, 0.717) is 0 Å². The number of hydrogen-bond donors (Lipinski definition) is 3. The first-order chi connectivity index (χ1) is 8.97. The molecule has 1 aliphatic rings. The molecule has 0 unspecified atom stereocenters. The van der Waals surface area contributed by atoms with Crippen molar-refractivity contribution in [2.75, 3.05) is 12.3 Å². The molecule has 102 valence electrons. The maximum atomic E-state index is 13.5. The van der Waals surface area contributed by atoms with E-state index in [9.17, 15) is 18.4 Å². The topological polar surface area (TPSA) is 84.2 Å². The molecule has 5 nitrogen and oxygen atoms in total. The maximum Gasteiger partial charge on any atom is 0.254 e. The lowest BCUT2D eigenvalue weighted by Gasteiger charge is -2.08. The van der Waals surface area contributed by atoms with E-state index in [2.05, 4.69) is 10.6 Å². The smallest absolute Gasteiger partial charge is 0.254 e. The van der Waals surface area contributed by atoms with Crippen LogP contribution < -0.4 is 16.4 Å². The van der Waals surface area contributed by atoms with Crippen molar-refractivity contribution >= 4 is 17.5 Å². The van der Waals surface area contributed by atoms with E-state index in [1.165, 1.54) is 0 Å². The molecule has 1 fully saturated rings. The highest BCUT2D eigenvalue weighted by atomic mass is 19.1. The quantitative estimate of drug-likeness (QED) is 0.698. The Bertz CT molecular complexity index is 530. The molecule has 7 heteroatoms. The van der Waals surface area contributed by atoms with Crippen LogP contribution in [-0.2, 0) is 4.79 Å². The number of benzene rings is 1. The summed E-state index contributed by atoms with van der Waals surface area (Å²) < 4.78 is 26.6. The minimum Gasteiger partial charge on any atom is -0.396 e. The minimum absolute atomic E-state index is 0.172. The fraction of sp³-hybridized carbons (Fsp3) is 0.333. The van der Waals surface area contributed by atoms with Crippen LogP contribution in [0, 0.1) is 11.6 Å². The van der Waals surface area contributed by atoms with Gasteiger partial charge in [0.1, 0.15) is 5.82 Å². The fourth-order valence-electron chi connectivity index (χ4n) is 1.54. The largest absolute Gasteiger partial charge is 0.396 e. The van der Waals surface area contributed by atoms with Gasteiger partial charge in [0, 0.05) is 6.04 Å². The Morgan fingerprint density at radius 2 is 2.00 bits per heavy atom. The Labute approximate surface area is 108 Å². The van der Waals surface area contributed by atoms with Gasteiger partial charge in [-0.3, -0.25) is 9.59 Å². The summed E-state index contributed by atoms with van der Waals surface area (Å²) in [4.78, 5) is 23.0. The summed E-state index contributed by atoms with van der Waals surface area (Å²) in [5.74, 6) is -3.05. The summed E-state index contributed by atoms with van der Waals surface area (Å²) in [7, 11) is 0. The number of nitrogens with two attached hydrogens (primary N) is 1. The van der Waals surface area contributed by atoms with Crippen LogP contribution >= 0.6 is 0 Å². The molecular formula is C12H13F2N3O2. The van der Waals surface area contributed by atoms with E-state index in [1.54, 1.807) is 0 Å². The van der Waals surface area contributed by atoms with Crippen molar-refractivity contribution < 1.29 is 18.4 Å². The van der Waals surface area contributed by atoms with Crippen molar-refractivity contribution in [3.05, 3.63) is 29.3 Å². The number of carbonyl (C=O) groups is 2. The third-order valence-corrected chi connectivity index (χ3v) is 2.66. The predicted molar refractivity (Wildman–Crippen MR) is 64.3 cm³/mol. The summed E-state index contributed by atoms with van der Waals surface area (Å²) in [5, 5.41) is 4.87. The van der Waals surface area contributed by atoms with Gasteiger partial charge in [0.2, 0.25) is 5.91 Å². The number of rotatable bonds is 4. The van der Waals surface area contributed by atoms with Crippen molar-refractivity contribution in [1.82, 2.24) is 10.6 Å². The number of carbonyl (C=O) groups excluding carboxylic acids is 2. The molecule has 0 saturated heterocycles. The van der Waals surface area contributed by atoms with Crippen LogP contribution in [0.25, 0.3) is 0 Å². The summed E-state index contributed by atoms with van der Waals surface area (Å²) in [6, 6.07) is 1.69. The fourth-order valence-corrected chi connectivity index (χ4v) is 1.54. The van der Waals surface area contributed by atoms with Crippen molar-refractivity contribution in [1.29, 1.82) is 0 Å². The van der Waals surface area contributed by atoms with Gasteiger partial charge < -0.3 is 16.4 Å². The zero-order valence-electron chi connectivity index (χ0n) is 10.0. The third kappa shape index (κ3) is 3.40. The molecule has 0 spiro atoms. The van der Waals surface area contributed by atoms with Crippen molar-refractivity contribution in [3.63, 3.8) is 0 Å². The van der Waals surface area contributed by atoms with Gasteiger partial charge in [-0.05, 0) is 25.0 Å². The van der Waals surface area contributed by atoms with Gasteiger partial charge in [-0.2, -0.15) is 0 Å². The average Bonchev–Trinajstić information content (AvgIpc) is 3.14. The Kier molecular flexibility index (Phi) is 3.64. The molecule has 0 aromatic heterocycles. The lowest BCUT2D eigenvalue weighted by molar-refractivity contribution is -0.120. The van der Waals surface area contributed by atoms with Gasteiger partial charge >= 0.3 is 0 Å².